The highest BCUT2D eigenvalue weighted by molar-refractivity contribution is 5.83. The minimum Gasteiger partial charge on any atom is -0.497 e. The zero-order valence-electron chi connectivity index (χ0n) is 20.1. The molecular weight excluding hydrogens is 454 g/mol. The highest BCUT2D eigenvalue weighted by Crippen LogP contribution is 2.34. The van der Waals surface area contributed by atoms with Gasteiger partial charge < -0.3 is 14.4 Å². The largest absolute Gasteiger partial charge is 0.497 e. The summed E-state index contributed by atoms with van der Waals surface area (Å²) in [7, 11) is 5.12. The topological polar surface area (TPSA) is 91.1 Å². The molecule has 0 fully saturated rings. The van der Waals surface area contributed by atoms with Gasteiger partial charge in [-0.05, 0) is 30.2 Å². The van der Waals surface area contributed by atoms with Crippen LogP contribution in [-0.2, 0) is 7.05 Å². The van der Waals surface area contributed by atoms with Crippen LogP contribution in [0.3, 0.4) is 0 Å². The Morgan fingerprint density at radius 1 is 0.889 bits per heavy atom. The molecule has 3 aromatic heterocycles. The molecule has 0 bridgehead atoms. The summed E-state index contributed by atoms with van der Waals surface area (Å²) in [5, 5.41) is 4.24. The first-order valence-electron chi connectivity index (χ1n) is 11.2. The number of benzene rings is 2. The third-order valence-corrected chi connectivity index (χ3v) is 5.49. The smallest absolute Gasteiger partial charge is 0.204 e. The summed E-state index contributed by atoms with van der Waals surface area (Å²) in [5.41, 5.74) is 4.94. The maximum absolute atomic E-state index is 5.50. The van der Waals surface area contributed by atoms with E-state index in [1.807, 2.05) is 49.6 Å². The fraction of sp³-hybridized carbons (Fsp3) is 0.148. The predicted octanol–water partition coefficient (Wildman–Crippen LogP) is 4.03. The predicted molar refractivity (Wildman–Crippen MR) is 137 cm³/mol. The molecule has 0 atom stereocenters. The fourth-order valence-corrected chi connectivity index (χ4v) is 3.70. The lowest BCUT2D eigenvalue weighted by atomic mass is 10.2. The summed E-state index contributed by atoms with van der Waals surface area (Å²) in [6.07, 6.45) is 8.79. The van der Waals surface area contributed by atoms with E-state index in [1.165, 1.54) is 0 Å². The molecule has 0 amide bonds. The third kappa shape index (κ3) is 4.93. The van der Waals surface area contributed by atoms with E-state index in [4.69, 9.17) is 14.5 Å². The maximum atomic E-state index is 5.50. The number of hydrogen-bond acceptors (Lipinski definition) is 8. The van der Waals surface area contributed by atoms with Crippen LogP contribution in [-0.4, -0.2) is 50.5 Å². The molecule has 9 nitrogen and oxygen atoms in total. The zero-order chi connectivity index (χ0) is 24.9. The Hall–Kier alpha value is -4.97. The summed E-state index contributed by atoms with van der Waals surface area (Å²) >= 11 is 0. The van der Waals surface area contributed by atoms with Crippen molar-refractivity contribution in [2.24, 2.45) is 7.05 Å². The van der Waals surface area contributed by atoms with E-state index in [1.54, 1.807) is 49.8 Å². The lowest BCUT2D eigenvalue weighted by Gasteiger charge is -2.24. The second-order valence-electron chi connectivity index (χ2n) is 7.86. The van der Waals surface area contributed by atoms with Crippen LogP contribution in [0.25, 0.3) is 22.3 Å². The van der Waals surface area contributed by atoms with Crippen LogP contribution in [0, 0.1) is 11.8 Å². The average molecular weight is 478 g/mol. The Balaban J connectivity index is 1.58. The van der Waals surface area contributed by atoms with Crippen molar-refractivity contribution in [3.8, 4) is 34.6 Å². The molecule has 178 valence electrons. The molecule has 0 N–H and O–H groups in total. The van der Waals surface area contributed by atoms with Crippen LogP contribution in [0.4, 0.5) is 11.4 Å². The van der Waals surface area contributed by atoms with Crippen molar-refractivity contribution in [3.05, 3.63) is 79.3 Å². The van der Waals surface area contributed by atoms with Crippen molar-refractivity contribution < 1.29 is 9.47 Å². The first kappa shape index (κ1) is 22.8. The first-order valence-corrected chi connectivity index (χ1v) is 11.2. The van der Waals surface area contributed by atoms with Crippen LogP contribution < -0.4 is 14.4 Å². The van der Waals surface area contributed by atoms with E-state index in [-0.39, 0.29) is 0 Å². The first-order chi connectivity index (χ1) is 17.6. The van der Waals surface area contributed by atoms with Crippen LogP contribution >= 0.6 is 0 Å². The number of nitrogens with zero attached hydrogens (tertiary/aromatic N) is 7. The van der Waals surface area contributed by atoms with Crippen molar-refractivity contribution in [1.29, 1.82) is 0 Å². The Morgan fingerprint density at radius 3 is 2.36 bits per heavy atom. The Morgan fingerprint density at radius 2 is 1.67 bits per heavy atom. The van der Waals surface area contributed by atoms with Gasteiger partial charge in [-0.25, -0.2) is 15.0 Å². The van der Waals surface area contributed by atoms with E-state index in [0.29, 0.717) is 23.9 Å². The number of ether oxygens (including phenoxy) is 2. The molecule has 0 aliphatic heterocycles. The van der Waals surface area contributed by atoms with Gasteiger partial charge in [0.2, 0.25) is 5.82 Å². The van der Waals surface area contributed by atoms with Gasteiger partial charge in [-0.1, -0.05) is 5.92 Å². The molecule has 3 heterocycles. The van der Waals surface area contributed by atoms with Crippen molar-refractivity contribution >= 4 is 22.4 Å². The second-order valence-corrected chi connectivity index (χ2v) is 7.86. The molecule has 36 heavy (non-hydrogen) atoms. The third-order valence-electron chi connectivity index (χ3n) is 5.49. The van der Waals surface area contributed by atoms with Gasteiger partial charge in [0.25, 0.3) is 0 Å². The van der Waals surface area contributed by atoms with Gasteiger partial charge in [0.15, 0.2) is 0 Å². The van der Waals surface area contributed by atoms with Crippen molar-refractivity contribution in [2.75, 3.05) is 25.7 Å². The van der Waals surface area contributed by atoms with Crippen molar-refractivity contribution in [1.82, 2.24) is 29.7 Å². The van der Waals surface area contributed by atoms with Crippen LogP contribution in [0.2, 0.25) is 0 Å². The summed E-state index contributed by atoms with van der Waals surface area (Å²) in [4.78, 5) is 19.9. The highest BCUT2D eigenvalue weighted by atomic mass is 16.5. The summed E-state index contributed by atoms with van der Waals surface area (Å²) < 4.78 is 12.7. The Labute approximate surface area is 208 Å². The number of hydrogen-bond donors (Lipinski definition) is 0. The van der Waals surface area contributed by atoms with Gasteiger partial charge in [0.05, 0.1) is 49.9 Å². The molecule has 0 spiro atoms. The zero-order valence-corrected chi connectivity index (χ0v) is 20.1. The lowest BCUT2D eigenvalue weighted by Crippen LogP contribution is -2.17. The minimum absolute atomic E-state index is 0.371. The van der Waals surface area contributed by atoms with E-state index in [2.05, 4.69) is 36.8 Å². The standard InChI is InChI=1S/C27H23N7O2/c1-33-18-19(16-31-33)26-17-30-24-8-7-20(14-25(24)32-26)34(11-4-6-27-28-9-5-10-29-27)21-12-22(35-2)15-23(13-21)36-3/h5,7-10,12-18H,11H2,1-3H3. The summed E-state index contributed by atoms with van der Waals surface area (Å²) in [5.74, 6) is 8.02. The Bertz CT molecular complexity index is 1550. The van der Waals surface area contributed by atoms with Gasteiger partial charge in [-0.3, -0.25) is 9.67 Å². The van der Waals surface area contributed by atoms with Gasteiger partial charge >= 0.3 is 0 Å². The van der Waals surface area contributed by atoms with Crippen LogP contribution in [0.15, 0.2) is 73.4 Å². The number of aromatic nitrogens is 6. The maximum Gasteiger partial charge on any atom is 0.204 e. The number of anilines is 2. The van der Waals surface area contributed by atoms with Crippen LogP contribution in [0.1, 0.15) is 5.82 Å². The summed E-state index contributed by atoms with van der Waals surface area (Å²) in [6, 6.07) is 13.4. The fourth-order valence-electron chi connectivity index (χ4n) is 3.70. The second kappa shape index (κ2) is 10.1. The molecular formula is C27H23N7O2. The number of aryl methyl sites for hydroxylation is 1. The Kier molecular flexibility index (Phi) is 6.40. The number of fused-ring (bicyclic) bond motifs is 1. The number of rotatable bonds is 6. The molecule has 0 saturated heterocycles. The lowest BCUT2D eigenvalue weighted by molar-refractivity contribution is 0.394. The van der Waals surface area contributed by atoms with Gasteiger partial charge in [0, 0.05) is 60.8 Å². The molecule has 5 aromatic rings. The normalized spacial score (nSPS) is 10.5. The quantitative estimate of drug-likeness (QED) is 0.339. The molecule has 5 rings (SSSR count). The molecule has 0 aliphatic carbocycles. The van der Waals surface area contributed by atoms with Gasteiger partial charge in [-0.2, -0.15) is 5.10 Å². The van der Waals surface area contributed by atoms with E-state index in [9.17, 15) is 0 Å². The van der Waals surface area contributed by atoms with Crippen LogP contribution in [0.5, 0.6) is 11.5 Å². The average Bonchev–Trinajstić information content (AvgIpc) is 3.37. The molecule has 2 aromatic carbocycles. The molecule has 0 saturated carbocycles. The molecule has 0 radical (unpaired) electrons. The number of methoxy groups -OCH3 is 2. The summed E-state index contributed by atoms with van der Waals surface area (Å²) in [6.45, 7) is 0.371. The molecule has 0 unspecified atom stereocenters. The highest BCUT2D eigenvalue weighted by Gasteiger charge is 2.14. The minimum atomic E-state index is 0.371. The van der Waals surface area contributed by atoms with E-state index < -0.39 is 0 Å². The van der Waals surface area contributed by atoms with Crippen molar-refractivity contribution in [3.63, 3.8) is 0 Å². The molecule has 9 heteroatoms. The van der Waals surface area contributed by atoms with Gasteiger partial charge in [-0.15, -0.1) is 0 Å². The van der Waals surface area contributed by atoms with E-state index >= 15 is 0 Å². The SMILES string of the molecule is COc1cc(OC)cc(N(CC#Cc2ncccn2)c2ccc3ncc(-c4cnn(C)c4)nc3c2)c1. The van der Waals surface area contributed by atoms with E-state index in [0.717, 1.165) is 33.7 Å². The molecule has 0 aliphatic rings. The van der Waals surface area contributed by atoms with Gasteiger partial charge in [0.1, 0.15) is 11.5 Å². The van der Waals surface area contributed by atoms with Crippen molar-refractivity contribution in [2.45, 2.75) is 0 Å². The monoisotopic (exact) mass is 477 g/mol.